The van der Waals surface area contributed by atoms with Crippen molar-refractivity contribution >= 4 is 11.9 Å². The molecule has 0 aromatic heterocycles. The highest BCUT2D eigenvalue weighted by Gasteiger charge is 2.20. The average molecular weight is 384 g/mol. The van der Waals surface area contributed by atoms with Gasteiger partial charge in [-0.1, -0.05) is 66.7 Å². The summed E-state index contributed by atoms with van der Waals surface area (Å²) >= 11 is 0. The average Bonchev–Trinajstić information content (AvgIpc) is 2.78. The van der Waals surface area contributed by atoms with Crippen LogP contribution in [0.2, 0.25) is 0 Å². The van der Waals surface area contributed by atoms with Gasteiger partial charge < -0.3 is 10.1 Å². The smallest absolute Gasteiger partial charge is 0.308 e. The fourth-order valence-corrected chi connectivity index (χ4v) is 2.91. The number of amides is 1. The molecule has 0 saturated carbocycles. The zero-order chi connectivity index (χ0) is 20.5. The molecule has 0 fully saturated rings. The van der Waals surface area contributed by atoms with Crippen molar-refractivity contribution in [2.24, 2.45) is 0 Å². The predicted octanol–water partition coefficient (Wildman–Crippen LogP) is 4.16. The van der Waals surface area contributed by atoms with Crippen LogP contribution < -0.4 is 5.32 Å². The van der Waals surface area contributed by atoms with Crippen molar-refractivity contribution in [3.63, 3.8) is 0 Å². The van der Waals surface area contributed by atoms with E-state index in [0.717, 1.165) is 5.56 Å². The Morgan fingerprint density at radius 2 is 1.52 bits per heavy atom. The minimum atomic E-state index is -0.525. The molecule has 0 aliphatic rings. The molecule has 0 radical (unpaired) electrons. The molecule has 5 nitrogen and oxygen atoms in total. The molecule has 1 amide bonds. The Labute approximate surface area is 169 Å². The maximum absolute atomic E-state index is 12.6. The van der Waals surface area contributed by atoms with Gasteiger partial charge in [-0.05, 0) is 23.8 Å². The van der Waals surface area contributed by atoms with Crippen LogP contribution in [0.25, 0.3) is 0 Å². The first kappa shape index (κ1) is 19.8. The normalized spacial score (nSPS) is 11.1. The lowest BCUT2D eigenvalue weighted by atomic mass is 10.0. The van der Waals surface area contributed by atoms with Crippen LogP contribution in [0, 0.1) is 11.3 Å². The molecule has 0 saturated heterocycles. The number of esters is 1. The summed E-state index contributed by atoms with van der Waals surface area (Å²) in [5.74, 6) is -0.720. The zero-order valence-electron chi connectivity index (χ0n) is 15.7. The van der Waals surface area contributed by atoms with Gasteiger partial charge in [-0.15, -0.1) is 0 Å². The van der Waals surface area contributed by atoms with Gasteiger partial charge in [0.05, 0.1) is 24.1 Å². The van der Waals surface area contributed by atoms with Crippen LogP contribution in [0.4, 0.5) is 0 Å². The van der Waals surface area contributed by atoms with Crippen LogP contribution in [-0.2, 0) is 16.1 Å². The highest BCUT2D eigenvalue weighted by atomic mass is 16.5. The standard InChI is InChI=1S/C24H20N2O3/c25-16-20-13-7-8-14-21(20)17-29-23(27)15-22(18-9-3-1-4-10-18)26-24(28)19-11-5-2-6-12-19/h1-14,22H,15,17H2,(H,26,28)/t22-/m0/s1. The first-order valence-corrected chi connectivity index (χ1v) is 9.22. The van der Waals surface area contributed by atoms with E-state index < -0.39 is 12.0 Å². The van der Waals surface area contributed by atoms with Crippen molar-refractivity contribution in [2.45, 2.75) is 19.1 Å². The lowest BCUT2D eigenvalue weighted by molar-refractivity contribution is -0.145. The second kappa shape index (κ2) is 9.86. The molecule has 0 aliphatic heterocycles. The van der Waals surface area contributed by atoms with E-state index in [2.05, 4.69) is 11.4 Å². The molecule has 1 N–H and O–H groups in total. The van der Waals surface area contributed by atoms with Gasteiger partial charge in [0.15, 0.2) is 0 Å². The summed E-state index contributed by atoms with van der Waals surface area (Å²) in [6.45, 7) is 0.0106. The number of carbonyl (C=O) groups excluding carboxylic acids is 2. The molecule has 3 rings (SSSR count). The minimum absolute atomic E-state index is 0.0106. The number of nitriles is 1. The quantitative estimate of drug-likeness (QED) is 0.620. The summed E-state index contributed by atoms with van der Waals surface area (Å²) in [7, 11) is 0. The topological polar surface area (TPSA) is 79.2 Å². The van der Waals surface area contributed by atoms with Crippen LogP contribution in [-0.4, -0.2) is 11.9 Å². The molecule has 1 atom stereocenters. The molecule has 0 bridgehead atoms. The third kappa shape index (κ3) is 5.53. The Balaban J connectivity index is 1.69. The number of benzene rings is 3. The Hall–Kier alpha value is -3.91. The Kier molecular flexibility index (Phi) is 6.75. The van der Waals surface area contributed by atoms with Crippen LogP contribution in [0.15, 0.2) is 84.9 Å². The number of nitrogens with one attached hydrogen (secondary N) is 1. The molecule has 29 heavy (non-hydrogen) atoms. The Morgan fingerprint density at radius 3 is 2.21 bits per heavy atom. The van der Waals surface area contributed by atoms with E-state index in [4.69, 9.17) is 10.00 Å². The number of nitrogens with zero attached hydrogens (tertiary/aromatic N) is 1. The number of hydrogen-bond donors (Lipinski definition) is 1. The van der Waals surface area contributed by atoms with Crippen molar-refractivity contribution in [1.82, 2.24) is 5.32 Å². The lowest BCUT2D eigenvalue weighted by Gasteiger charge is -2.19. The SMILES string of the molecule is N#Cc1ccccc1COC(=O)C[C@H](NC(=O)c1ccccc1)c1ccccc1. The number of rotatable bonds is 7. The van der Waals surface area contributed by atoms with Gasteiger partial charge in [0.25, 0.3) is 5.91 Å². The second-order valence-corrected chi connectivity index (χ2v) is 6.44. The monoisotopic (exact) mass is 384 g/mol. The second-order valence-electron chi connectivity index (χ2n) is 6.44. The molecule has 0 unspecified atom stereocenters. The number of ether oxygens (including phenoxy) is 1. The molecule has 0 heterocycles. The van der Waals surface area contributed by atoms with Crippen molar-refractivity contribution in [3.05, 3.63) is 107 Å². The summed E-state index contributed by atoms with van der Waals surface area (Å²) in [6.07, 6.45) is -0.0166. The van der Waals surface area contributed by atoms with E-state index in [1.807, 2.05) is 36.4 Å². The molecule has 0 aliphatic carbocycles. The summed E-state index contributed by atoms with van der Waals surface area (Å²) in [5.41, 5.74) is 2.45. The molecule has 3 aromatic carbocycles. The Morgan fingerprint density at radius 1 is 0.897 bits per heavy atom. The fraction of sp³-hybridized carbons (Fsp3) is 0.125. The van der Waals surface area contributed by atoms with E-state index in [0.29, 0.717) is 16.7 Å². The van der Waals surface area contributed by atoms with Crippen molar-refractivity contribution in [3.8, 4) is 6.07 Å². The largest absolute Gasteiger partial charge is 0.461 e. The van der Waals surface area contributed by atoms with Gasteiger partial charge >= 0.3 is 5.97 Å². The van der Waals surface area contributed by atoms with Gasteiger partial charge in [0.2, 0.25) is 0 Å². The van der Waals surface area contributed by atoms with E-state index in [1.54, 1.807) is 48.5 Å². The van der Waals surface area contributed by atoms with Crippen molar-refractivity contribution < 1.29 is 14.3 Å². The molecule has 3 aromatic rings. The predicted molar refractivity (Wildman–Crippen MR) is 109 cm³/mol. The molecule has 5 heteroatoms. The van der Waals surface area contributed by atoms with E-state index >= 15 is 0 Å². The number of hydrogen-bond acceptors (Lipinski definition) is 4. The maximum atomic E-state index is 12.6. The van der Waals surface area contributed by atoms with Gasteiger partial charge in [0.1, 0.15) is 6.61 Å². The lowest BCUT2D eigenvalue weighted by Crippen LogP contribution is -2.30. The maximum Gasteiger partial charge on any atom is 0.308 e. The highest BCUT2D eigenvalue weighted by Crippen LogP contribution is 2.19. The van der Waals surface area contributed by atoms with E-state index in [-0.39, 0.29) is 18.9 Å². The van der Waals surface area contributed by atoms with Gasteiger partial charge in [-0.25, -0.2) is 0 Å². The molecular formula is C24H20N2O3. The summed E-state index contributed by atoms with van der Waals surface area (Å²) in [4.78, 5) is 25.0. The molecule has 0 spiro atoms. The summed E-state index contributed by atoms with van der Waals surface area (Å²) in [6, 6.07) is 26.7. The fourth-order valence-electron chi connectivity index (χ4n) is 2.91. The van der Waals surface area contributed by atoms with Gasteiger partial charge in [-0.2, -0.15) is 5.26 Å². The van der Waals surface area contributed by atoms with Crippen LogP contribution in [0.1, 0.15) is 39.5 Å². The van der Waals surface area contributed by atoms with E-state index in [9.17, 15) is 9.59 Å². The van der Waals surface area contributed by atoms with Gasteiger partial charge in [-0.3, -0.25) is 9.59 Å². The third-order valence-electron chi connectivity index (χ3n) is 4.44. The summed E-state index contributed by atoms with van der Waals surface area (Å²) in [5, 5.41) is 12.1. The highest BCUT2D eigenvalue weighted by molar-refractivity contribution is 5.94. The van der Waals surface area contributed by atoms with Crippen LogP contribution >= 0.6 is 0 Å². The zero-order valence-corrected chi connectivity index (χ0v) is 15.7. The minimum Gasteiger partial charge on any atom is -0.461 e. The Bertz CT molecular complexity index is 1010. The summed E-state index contributed by atoms with van der Waals surface area (Å²) < 4.78 is 5.37. The first-order valence-electron chi connectivity index (χ1n) is 9.22. The molecular weight excluding hydrogens is 364 g/mol. The van der Waals surface area contributed by atoms with Crippen LogP contribution in [0.3, 0.4) is 0 Å². The van der Waals surface area contributed by atoms with E-state index in [1.165, 1.54) is 0 Å². The third-order valence-corrected chi connectivity index (χ3v) is 4.44. The number of carbonyl (C=O) groups is 2. The molecule has 144 valence electrons. The first-order chi connectivity index (χ1) is 14.2. The van der Waals surface area contributed by atoms with Crippen molar-refractivity contribution in [1.29, 1.82) is 5.26 Å². The van der Waals surface area contributed by atoms with Crippen molar-refractivity contribution in [2.75, 3.05) is 0 Å². The van der Waals surface area contributed by atoms with Gasteiger partial charge in [0, 0.05) is 11.1 Å². The van der Waals surface area contributed by atoms with Crippen LogP contribution in [0.5, 0.6) is 0 Å².